The summed E-state index contributed by atoms with van der Waals surface area (Å²) in [5, 5.41) is -1.43. The van der Waals surface area contributed by atoms with Gasteiger partial charge in [-0.25, -0.2) is 30.7 Å². The minimum atomic E-state index is -3.19. The van der Waals surface area contributed by atoms with Gasteiger partial charge in [0.15, 0.2) is 17.5 Å². The van der Waals surface area contributed by atoms with Gasteiger partial charge in [-0.2, -0.15) is 12.6 Å². The Hall–Kier alpha value is -2.49. The molecule has 0 amide bonds. The molecule has 0 aliphatic carbocycles. The topological polar surface area (TPSA) is 38.4 Å². The standard InChI is InChI=1S/C19H15F7N2S/c1-7-11(20)5-10(6-12(7)21)28-8(2)15(17(27)19(25)26)18(29)9-3-13(22)16(24)14(23)4-9/h3-6,18-19,29H,27H2,1-2H3/b17-15+,28-8?. The molecule has 0 aliphatic rings. The van der Waals surface area contributed by atoms with Gasteiger partial charge in [-0.15, -0.1) is 0 Å². The fourth-order valence-electron chi connectivity index (χ4n) is 2.53. The second-order valence-electron chi connectivity index (χ2n) is 6.10. The molecule has 0 fully saturated rings. The second kappa shape index (κ2) is 8.89. The van der Waals surface area contributed by atoms with Gasteiger partial charge < -0.3 is 5.73 Å². The number of halogens is 7. The molecule has 2 rings (SSSR count). The van der Waals surface area contributed by atoms with Crippen molar-refractivity contribution >= 4 is 24.0 Å². The van der Waals surface area contributed by atoms with Gasteiger partial charge in [-0.05, 0) is 43.7 Å². The number of hydrogen-bond acceptors (Lipinski definition) is 3. The lowest BCUT2D eigenvalue weighted by atomic mass is 9.98. The van der Waals surface area contributed by atoms with Gasteiger partial charge in [-0.1, -0.05) is 0 Å². The SMILES string of the molecule is CC(=Nc1cc(F)c(C)c(F)c1)/C(=C(\N)C(F)F)C(S)c1cc(F)c(F)c(F)c1. The van der Waals surface area contributed by atoms with E-state index in [1.165, 1.54) is 13.8 Å². The van der Waals surface area contributed by atoms with Gasteiger partial charge in [0.25, 0.3) is 6.43 Å². The monoisotopic (exact) mass is 436 g/mol. The molecule has 2 aromatic rings. The van der Waals surface area contributed by atoms with E-state index >= 15 is 0 Å². The first-order valence-corrected chi connectivity index (χ1v) is 8.57. The van der Waals surface area contributed by atoms with Crippen LogP contribution in [0, 0.1) is 36.0 Å². The lowest BCUT2D eigenvalue weighted by molar-refractivity contribution is 0.187. The van der Waals surface area contributed by atoms with Crippen LogP contribution >= 0.6 is 12.6 Å². The molecule has 2 nitrogen and oxygen atoms in total. The maximum Gasteiger partial charge on any atom is 0.278 e. The van der Waals surface area contributed by atoms with E-state index in [0.29, 0.717) is 12.1 Å². The number of benzene rings is 2. The molecule has 2 aromatic carbocycles. The van der Waals surface area contributed by atoms with Crippen molar-refractivity contribution in [1.29, 1.82) is 0 Å². The molecule has 0 aliphatic heterocycles. The van der Waals surface area contributed by atoms with Crippen molar-refractivity contribution in [2.24, 2.45) is 10.7 Å². The summed E-state index contributed by atoms with van der Waals surface area (Å²) < 4.78 is 94.2. The summed E-state index contributed by atoms with van der Waals surface area (Å²) >= 11 is 4.08. The number of allylic oxidation sites excluding steroid dienone is 1. The van der Waals surface area contributed by atoms with Crippen LogP contribution in [0.25, 0.3) is 0 Å². The Kier molecular flexibility index (Phi) is 6.99. The average molecular weight is 436 g/mol. The maximum atomic E-state index is 13.7. The molecule has 0 heterocycles. The van der Waals surface area contributed by atoms with Crippen LogP contribution in [0.15, 0.2) is 40.5 Å². The molecule has 0 bridgehead atoms. The lowest BCUT2D eigenvalue weighted by Crippen LogP contribution is -2.19. The molecule has 0 saturated heterocycles. The lowest BCUT2D eigenvalue weighted by Gasteiger charge is -2.19. The van der Waals surface area contributed by atoms with Gasteiger partial charge in [0, 0.05) is 16.8 Å². The van der Waals surface area contributed by atoms with Gasteiger partial charge in [0.2, 0.25) is 0 Å². The largest absolute Gasteiger partial charge is 0.397 e. The third-order valence-electron chi connectivity index (χ3n) is 4.09. The molecule has 0 radical (unpaired) electrons. The summed E-state index contributed by atoms with van der Waals surface area (Å²) in [4.78, 5) is 3.89. The van der Waals surface area contributed by atoms with Crippen molar-refractivity contribution in [3.8, 4) is 0 Å². The van der Waals surface area contributed by atoms with Gasteiger partial charge >= 0.3 is 0 Å². The van der Waals surface area contributed by atoms with Crippen LogP contribution in [-0.2, 0) is 0 Å². The minimum absolute atomic E-state index is 0.226. The first-order chi connectivity index (χ1) is 13.4. The van der Waals surface area contributed by atoms with E-state index < -0.39 is 52.0 Å². The number of alkyl halides is 2. The molecular weight excluding hydrogens is 421 g/mol. The summed E-state index contributed by atoms with van der Waals surface area (Å²) in [5.41, 5.74) is 2.96. The number of aliphatic imine (C=N–C) groups is 1. The van der Waals surface area contributed by atoms with Crippen LogP contribution in [-0.4, -0.2) is 12.1 Å². The highest BCUT2D eigenvalue weighted by Crippen LogP contribution is 2.34. The van der Waals surface area contributed by atoms with Crippen LogP contribution in [0.4, 0.5) is 36.4 Å². The van der Waals surface area contributed by atoms with E-state index in [1.54, 1.807) is 0 Å². The van der Waals surface area contributed by atoms with E-state index in [0.717, 1.165) is 12.1 Å². The third kappa shape index (κ3) is 4.92. The van der Waals surface area contributed by atoms with Crippen molar-refractivity contribution in [3.63, 3.8) is 0 Å². The van der Waals surface area contributed by atoms with E-state index in [1.807, 2.05) is 0 Å². The van der Waals surface area contributed by atoms with Crippen LogP contribution in [0.3, 0.4) is 0 Å². The first kappa shape index (κ1) is 22.8. The predicted octanol–water partition coefficient (Wildman–Crippen LogP) is 5.93. The normalized spacial score (nSPS) is 14.2. The fraction of sp³-hybridized carbons (Fsp3) is 0.211. The van der Waals surface area contributed by atoms with Gasteiger partial charge in [0.1, 0.15) is 11.6 Å². The molecular formula is C19H15F7N2S. The maximum absolute atomic E-state index is 13.7. The van der Waals surface area contributed by atoms with Gasteiger partial charge in [0.05, 0.1) is 16.6 Å². The Labute approximate surface area is 167 Å². The summed E-state index contributed by atoms with van der Waals surface area (Å²) in [6.45, 7) is 2.41. The molecule has 1 unspecified atom stereocenters. The Balaban J connectivity index is 2.61. The molecule has 1 atom stereocenters. The highest BCUT2D eigenvalue weighted by Gasteiger charge is 2.25. The molecule has 2 N–H and O–H groups in total. The highest BCUT2D eigenvalue weighted by atomic mass is 32.1. The Morgan fingerprint density at radius 2 is 1.41 bits per heavy atom. The second-order valence-corrected chi connectivity index (χ2v) is 6.62. The molecule has 0 spiro atoms. The average Bonchev–Trinajstić information content (AvgIpc) is 2.63. The number of hydrogen-bond donors (Lipinski definition) is 2. The number of nitrogens with zero attached hydrogens (tertiary/aromatic N) is 1. The van der Waals surface area contributed by atoms with Crippen molar-refractivity contribution < 1.29 is 30.7 Å². The number of rotatable bonds is 5. The van der Waals surface area contributed by atoms with Crippen LogP contribution in [0.2, 0.25) is 0 Å². The minimum Gasteiger partial charge on any atom is -0.397 e. The zero-order valence-electron chi connectivity index (χ0n) is 15.1. The Morgan fingerprint density at radius 3 is 1.86 bits per heavy atom. The van der Waals surface area contributed by atoms with E-state index in [2.05, 4.69) is 17.6 Å². The zero-order valence-corrected chi connectivity index (χ0v) is 16.0. The van der Waals surface area contributed by atoms with Crippen molar-refractivity contribution in [1.82, 2.24) is 0 Å². The van der Waals surface area contributed by atoms with Crippen molar-refractivity contribution in [2.45, 2.75) is 25.5 Å². The summed E-state index contributed by atoms with van der Waals surface area (Å²) in [7, 11) is 0. The van der Waals surface area contributed by atoms with E-state index in [9.17, 15) is 30.7 Å². The van der Waals surface area contributed by atoms with E-state index in [-0.39, 0.29) is 22.5 Å². The summed E-state index contributed by atoms with van der Waals surface area (Å²) in [5.74, 6) is -6.65. The number of nitrogens with two attached hydrogens (primary N) is 1. The Bertz CT molecular complexity index is 956. The van der Waals surface area contributed by atoms with Crippen molar-refractivity contribution in [2.75, 3.05) is 0 Å². The van der Waals surface area contributed by atoms with Crippen LogP contribution < -0.4 is 5.73 Å². The molecule has 29 heavy (non-hydrogen) atoms. The zero-order chi connectivity index (χ0) is 22.0. The first-order valence-electron chi connectivity index (χ1n) is 8.05. The fourth-order valence-corrected chi connectivity index (χ4v) is 3.02. The summed E-state index contributed by atoms with van der Waals surface area (Å²) in [6.07, 6.45) is -3.19. The third-order valence-corrected chi connectivity index (χ3v) is 4.65. The van der Waals surface area contributed by atoms with Crippen LogP contribution in [0.5, 0.6) is 0 Å². The summed E-state index contributed by atoms with van der Waals surface area (Å²) in [6, 6.07) is 2.91. The molecule has 10 heteroatoms. The van der Waals surface area contributed by atoms with E-state index in [4.69, 9.17) is 5.73 Å². The highest BCUT2D eigenvalue weighted by molar-refractivity contribution is 7.80. The number of thiol groups is 1. The smallest absolute Gasteiger partial charge is 0.278 e. The molecule has 156 valence electrons. The molecule has 0 saturated carbocycles. The van der Waals surface area contributed by atoms with Gasteiger partial charge in [-0.3, -0.25) is 4.99 Å². The predicted molar refractivity (Wildman–Crippen MR) is 99.1 cm³/mol. The Morgan fingerprint density at radius 1 is 0.931 bits per heavy atom. The van der Waals surface area contributed by atoms with Crippen LogP contribution in [0.1, 0.15) is 23.3 Å². The molecule has 0 aromatic heterocycles. The quantitative estimate of drug-likeness (QED) is 0.259. The van der Waals surface area contributed by atoms with Crippen molar-refractivity contribution in [3.05, 3.63) is 75.7 Å².